The topological polar surface area (TPSA) is 26.5 Å². The monoisotopic (exact) mass is 248 g/mol. The van der Waals surface area contributed by atoms with Gasteiger partial charge in [0, 0.05) is 23.7 Å². The summed E-state index contributed by atoms with van der Waals surface area (Å²) in [6.45, 7) is 0. The lowest BCUT2D eigenvalue weighted by Crippen LogP contribution is -2.02. The van der Waals surface area contributed by atoms with Gasteiger partial charge in [-0.2, -0.15) is 11.8 Å². The van der Waals surface area contributed by atoms with Crippen LogP contribution in [0.3, 0.4) is 0 Å². The van der Waals surface area contributed by atoms with Crippen LogP contribution < -0.4 is 4.74 Å². The number of methoxy groups -OCH3 is 1. The molecule has 0 spiro atoms. The van der Waals surface area contributed by atoms with Crippen molar-refractivity contribution in [3.05, 3.63) is 30.2 Å². The molecule has 0 bridgehead atoms. The summed E-state index contributed by atoms with van der Waals surface area (Å²) >= 11 is 2.03. The van der Waals surface area contributed by atoms with Crippen LogP contribution in [0.5, 0.6) is 5.75 Å². The van der Waals surface area contributed by atoms with Gasteiger partial charge in [0.05, 0.1) is 12.8 Å². The fourth-order valence-corrected chi connectivity index (χ4v) is 3.51. The molecule has 1 atom stereocenters. The summed E-state index contributed by atoms with van der Waals surface area (Å²) in [5.74, 6) is 2.13. The highest BCUT2D eigenvalue weighted by molar-refractivity contribution is 7.99. The Morgan fingerprint density at radius 1 is 1.47 bits per heavy atom. The van der Waals surface area contributed by atoms with Crippen molar-refractivity contribution in [2.75, 3.05) is 12.9 Å². The Morgan fingerprint density at radius 3 is 3.18 bits per heavy atom. The maximum atomic E-state index is 5.22. The van der Waals surface area contributed by atoms with Gasteiger partial charge >= 0.3 is 0 Å². The van der Waals surface area contributed by atoms with E-state index in [4.69, 9.17) is 9.72 Å². The third-order valence-electron chi connectivity index (χ3n) is 3.20. The van der Waals surface area contributed by atoms with Gasteiger partial charge in [-0.15, -0.1) is 0 Å². The van der Waals surface area contributed by atoms with Crippen LogP contribution in [0, 0.1) is 0 Å². The highest BCUT2D eigenvalue weighted by atomic mass is 32.2. The largest absolute Gasteiger partial charge is 0.497 e. The Bertz CT molecular complexity index is 517. The molecule has 4 heteroatoms. The van der Waals surface area contributed by atoms with Crippen molar-refractivity contribution in [2.24, 2.45) is 0 Å². The van der Waals surface area contributed by atoms with Gasteiger partial charge < -0.3 is 9.14 Å². The summed E-state index contributed by atoms with van der Waals surface area (Å²) in [6, 6.07) is 3.95. The number of imidazole rings is 1. The van der Waals surface area contributed by atoms with Crippen LogP contribution in [0.2, 0.25) is 0 Å². The minimum atomic E-state index is 0.578. The number of nitrogens with zero attached hydrogens (tertiary/aromatic N) is 2. The Labute approximate surface area is 105 Å². The van der Waals surface area contributed by atoms with Crippen molar-refractivity contribution in [2.45, 2.75) is 24.5 Å². The second-order valence-electron chi connectivity index (χ2n) is 4.35. The zero-order valence-corrected chi connectivity index (χ0v) is 10.7. The molecule has 90 valence electrons. The second-order valence-corrected chi connectivity index (χ2v) is 5.66. The second kappa shape index (κ2) is 4.61. The lowest BCUT2D eigenvalue weighted by atomic mass is 10.1. The molecule has 0 N–H and O–H groups in total. The van der Waals surface area contributed by atoms with Crippen LogP contribution in [-0.2, 0) is 0 Å². The van der Waals surface area contributed by atoms with Crippen LogP contribution in [0.4, 0.5) is 0 Å². The van der Waals surface area contributed by atoms with E-state index in [2.05, 4.69) is 10.6 Å². The molecule has 0 aliphatic carbocycles. The quantitative estimate of drug-likeness (QED) is 0.815. The highest BCUT2D eigenvalue weighted by Gasteiger charge is 2.18. The van der Waals surface area contributed by atoms with E-state index in [-0.39, 0.29) is 0 Å². The van der Waals surface area contributed by atoms with E-state index >= 15 is 0 Å². The van der Waals surface area contributed by atoms with Crippen molar-refractivity contribution in [3.8, 4) is 5.75 Å². The minimum absolute atomic E-state index is 0.578. The molecule has 1 aliphatic rings. The van der Waals surface area contributed by atoms with E-state index in [1.807, 2.05) is 30.1 Å². The first-order chi connectivity index (χ1) is 8.36. The average molecular weight is 248 g/mol. The fraction of sp³-hybridized carbons (Fsp3) is 0.462. The molecule has 3 rings (SSSR count). The molecule has 1 aliphatic heterocycles. The predicted octanol–water partition coefficient (Wildman–Crippen LogP) is 3.30. The number of pyridine rings is 1. The molecular formula is C13H16N2OS. The van der Waals surface area contributed by atoms with Crippen molar-refractivity contribution < 1.29 is 4.74 Å². The molecule has 0 saturated carbocycles. The first-order valence-electron chi connectivity index (χ1n) is 6.01. The minimum Gasteiger partial charge on any atom is -0.497 e. The summed E-state index contributed by atoms with van der Waals surface area (Å²) in [5, 5.41) is 0.578. The van der Waals surface area contributed by atoms with Crippen molar-refractivity contribution in [1.82, 2.24) is 9.38 Å². The molecule has 17 heavy (non-hydrogen) atoms. The molecule has 1 saturated heterocycles. The van der Waals surface area contributed by atoms with Gasteiger partial charge in [0.2, 0.25) is 0 Å². The molecule has 1 fully saturated rings. The molecule has 2 aromatic rings. The molecule has 3 heterocycles. The number of aromatic nitrogens is 2. The van der Waals surface area contributed by atoms with Crippen LogP contribution >= 0.6 is 11.8 Å². The molecule has 0 radical (unpaired) electrons. The summed E-state index contributed by atoms with van der Waals surface area (Å²) in [6.07, 6.45) is 8.10. The lowest BCUT2D eigenvalue weighted by Gasteiger charge is -2.18. The third kappa shape index (κ3) is 2.14. The Kier molecular flexibility index (Phi) is 2.97. The van der Waals surface area contributed by atoms with E-state index in [9.17, 15) is 0 Å². The summed E-state index contributed by atoms with van der Waals surface area (Å²) in [7, 11) is 1.69. The molecule has 3 nitrogen and oxygen atoms in total. The number of hydrogen-bond donors (Lipinski definition) is 0. The van der Waals surface area contributed by atoms with Gasteiger partial charge in [-0.05, 0) is 24.7 Å². The average Bonchev–Trinajstić information content (AvgIpc) is 2.82. The van der Waals surface area contributed by atoms with E-state index in [1.54, 1.807) is 7.11 Å². The normalized spacial score (nSPS) is 20.6. The highest BCUT2D eigenvalue weighted by Crippen LogP contribution is 2.37. The molecule has 2 aromatic heterocycles. The number of fused-ring (bicyclic) bond motifs is 1. The maximum absolute atomic E-state index is 5.22. The maximum Gasteiger partial charge on any atom is 0.140 e. The van der Waals surface area contributed by atoms with Crippen LogP contribution in [-0.4, -0.2) is 22.2 Å². The molecular weight excluding hydrogens is 232 g/mol. The van der Waals surface area contributed by atoms with Crippen LogP contribution in [0.15, 0.2) is 24.5 Å². The van der Waals surface area contributed by atoms with Crippen molar-refractivity contribution in [3.63, 3.8) is 0 Å². The van der Waals surface area contributed by atoms with E-state index in [0.29, 0.717) is 5.25 Å². The van der Waals surface area contributed by atoms with Gasteiger partial charge in [-0.1, -0.05) is 6.42 Å². The summed E-state index contributed by atoms with van der Waals surface area (Å²) in [5.41, 5.74) is 2.19. The summed E-state index contributed by atoms with van der Waals surface area (Å²) in [4.78, 5) is 4.71. The van der Waals surface area contributed by atoms with E-state index < -0.39 is 0 Å². The smallest absolute Gasteiger partial charge is 0.140 e. The number of hydrogen-bond acceptors (Lipinski definition) is 3. The predicted molar refractivity (Wildman–Crippen MR) is 70.8 cm³/mol. The SMILES string of the molecule is COc1ccn2cc(C3CCCCS3)nc2c1. The van der Waals surface area contributed by atoms with Crippen LogP contribution in [0.1, 0.15) is 30.2 Å². The molecule has 0 aromatic carbocycles. The Hall–Kier alpha value is -1.16. The van der Waals surface area contributed by atoms with Crippen molar-refractivity contribution in [1.29, 1.82) is 0 Å². The fourth-order valence-electron chi connectivity index (χ4n) is 2.24. The van der Waals surface area contributed by atoms with E-state index in [1.165, 1.54) is 30.7 Å². The standard InChI is InChI=1S/C13H16N2OS/c1-16-10-5-6-15-9-11(14-13(15)8-10)12-4-2-3-7-17-12/h5-6,8-9,12H,2-4,7H2,1H3. The number of thioether (sulfide) groups is 1. The lowest BCUT2D eigenvalue weighted by molar-refractivity contribution is 0.414. The van der Waals surface area contributed by atoms with E-state index in [0.717, 1.165) is 11.4 Å². The zero-order valence-electron chi connectivity index (χ0n) is 9.93. The van der Waals surface area contributed by atoms with Crippen LogP contribution in [0.25, 0.3) is 5.65 Å². The Balaban J connectivity index is 1.95. The number of rotatable bonds is 2. The van der Waals surface area contributed by atoms with Gasteiger partial charge in [0.1, 0.15) is 11.4 Å². The molecule has 1 unspecified atom stereocenters. The Morgan fingerprint density at radius 2 is 2.41 bits per heavy atom. The van der Waals surface area contributed by atoms with Gasteiger partial charge in [0.25, 0.3) is 0 Å². The van der Waals surface area contributed by atoms with Gasteiger partial charge in [0.15, 0.2) is 0 Å². The zero-order chi connectivity index (χ0) is 11.7. The van der Waals surface area contributed by atoms with Gasteiger partial charge in [-0.3, -0.25) is 0 Å². The van der Waals surface area contributed by atoms with Gasteiger partial charge in [-0.25, -0.2) is 4.98 Å². The first kappa shape index (κ1) is 11.0. The third-order valence-corrected chi connectivity index (χ3v) is 4.60. The van der Waals surface area contributed by atoms with Crippen molar-refractivity contribution >= 4 is 17.4 Å². The first-order valence-corrected chi connectivity index (χ1v) is 7.06. The molecule has 0 amide bonds. The number of ether oxygens (including phenoxy) is 1. The summed E-state index contributed by atoms with van der Waals surface area (Å²) < 4.78 is 7.29.